The fourth-order valence-corrected chi connectivity index (χ4v) is 4.44. The summed E-state index contributed by atoms with van der Waals surface area (Å²) in [5, 5.41) is 12.0. The molecule has 0 spiro atoms. The van der Waals surface area contributed by atoms with Crippen LogP contribution in [0.25, 0.3) is 10.9 Å². The lowest BCUT2D eigenvalue weighted by molar-refractivity contribution is 0.593. The molecule has 4 rings (SSSR count). The molecule has 0 aliphatic heterocycles. The Morgan fingerprint density at radius 3 is 2.64 bits per heavy atom. The highest BCUT2D eigenvalue weighted by Crippen LogP contribution is 2.23. The normalized spacial score (nSPS) is 11.3. The monoisotopic (exact) mass is 489 g/mol. The van der Waals surface area contributed by atoms with Crippen LogP contribution in [0.4, 0.5) is 17.5 Å². The van der Waals surface area contributed by atoms with Gasteiger partial charge in [-0.15, -0.1) is 4.24 Å². The van der Waals surface area contributed by atoms with Gasteiger partial charge < -0.3 is 16.1 Å². The highest BCUT2D eigenvalue weighted by Gasteiger charge is 2.16. The smallest absolute Gasteiger partial charge is 0.254 e. The molecule has 174 valence electrons. The van der Waals surface area contributed by atoms with Crippen LogP contribution < -0.4 is 14.9 Å². The molecule has 33 heavy (non-hydrogen) atoms. The van der Waals surface area contributed by atoms with Crippen molar-refractivity contribution in [1.82, 2.24) is 24.0 Å². The van der Waals surface area contributed by atoms with Gasteiger partial charge in [-0.1, -0.05) is 18.2 Å². The summed E-state index contributed by atoms with van der Waals surface area (Å²) >= 11 is 5.36. The third-order valence-electron chi connectivity index (χ3n) is 5.16. The lowest BCUT2D eigenvalue weighted by Gasteiger charge is -2.11. The molecule has 0 radical (unpaired) electrons. The van der Waals surface area contributed by atoms with Gasteiger partial charge in [0.05, 0.1) is 10.4 Å². The van der Waals surface area contributed by atoms with E-state index >= 15 is 0 Å². The van der Waals surface area contributed by atoms with E-state index in [0.29, 0.717) is 29.6 Å². The molecular weight excluding hydrogens is 466 g/mol. The first kappa shape index (κ1) is 24.4. The third kappa shape index (κ3) is 5.22. The van der Waals surface area contributed by atoms with Gasteiger partial charge in [0.2, 0.25) is 5.95 Å². The predicted molar refractivity (Wildman–Crippen MR) is 129 cm³/mol. The first-order chi connectivity index (χ1) is 15.3. The quantitative estimate of drug-likeness (QED) is 0.338. The Kier molecular flexibility index (Phi) is 7.18. The molecule has 0 atom stereocenters. The second-order valence-corrected chi connectivity index (χ2v) is 9.43. The van der Waals surface area contributed by atoms with Crippen LogP contribution in [0, 0.1) is 13.8 Å². The number of nitrogens with one attached hydrogen (secondary N) is 3. The van der Waals surface area contributed by atoms with E-state index in [1.54, 1.807) is 31.3 Å². The van der Waals surface area contributed by atoms with Gasteiger partial charge in [0.25, 0.3) is 10.0 Å². The lowest BCUT2D eigenvalue weighted by Crippen LogP contribution is -2.15. The summed E-state index contributed by atoms with van der Waals surface area (Å²) in [5.41, 5.74) is 4.24. The van der Waals surface area contributed by atoms with Crippen molar-refractivity contribution in [3.63, 3.8) is 0 Å². The number of hydrogen-bond donors (Lipinski definition) is 3. The molecule has 2 aromatic carbocycles. The summed E-state index contributed by atoms with van der Waals surface area (Å²) in [7, 11) is -1.86. The summed E-state index contributed by atoms with van der Waals surface area (Å²) in [4.78, 5) is 8.74. The first-order valence-electron chi connectivity index (χ1n) is 9.76. The van der Waals surface area contributed by atoms with E-state index in [-0.39, 0.29) is 10.4 Å². The number of aromatic nitrogens is 4. The van der Waals surface area contributed by atoms with Gasteiger partial charge in [0, 0.05) is 36.6 Å². The molecule has 5 N–H and O–H groups in total. The maximum Gasteiger partial charge on any atom is 0.254 e. The molecule has 0 saturated carbocycles. The fraction of sp³-hybridized carbons (Fsp3) is 0.190. The zero-order valence-electron chi connectivity index (χ0n) is 18.2. The second kappa shape index (κ2) is 9.71. The van der Waals surface area contributed by atoms with Crippen LogP contribution in [-0.4, -0.2) is 33.6 Å². The van der Waals surface area contributed by atoms with Crippen LogP contribution in [0.1, 0.15) is 16.8 Å². The number of aryl methyl sites for hydroxylation is 3. The van der Waals surface area contributed by atoms with Crippen molar-refractivity contribution < 1.29 is 13.9 Å². The van der Waals surface area contributed by atoms with E-state index in [1.165, 1.54) is 6.07 Å². The number of anilines is 3. The van der Waals surface area contributed by atoms with Gasteiger partial charge in [-0.3, -0.25) is 4.68 Å². The molecule has 0 bridgehead atoms. The molecule has 0 amide bonds. The predicted octanol–water partition coefficient (Wildman–Crippen LogP) is 2.94. The Morgan fingerprint density at radius 1 is 1.09 bits per heavy atom. The van der Waals surface area contributed by atoms with Crippen LogP contribution in [0.2, 0.25) is 0 Å². The Labute approximate surface area is 196 Å². The maximum atomic E-state index is 12.1. The van der Waals surface area contributed by atoms with E-state index in [0.717, 1.165) is 22.2 Å². The molecule has 0 saturated heterocycles. The standard InChI is InChI=1S/C21H22ClN7O2S.H2O/c1-13-4-6-16(11-19(13)32(30,31)28-22)25-21-23-9-8-20(26-21)24-12-15-5-7-17-14(2)29(3)27-18(17)10-15;/h4-11,28H,12H2,1-3H3,(H2,23,24,25,26);1H2. The van der Waals surface area contributed by atoms with Crippen molar-refractivity contribution in [2.75, 3.05) is 10.6 Å². The van der Waals surface area contributed by atoms with Crippen molar-refractivity contribution in [1.29, 1.82) is 0 Å². The molecule has 0 unspecified atom stereocenters. The van der Waals surface area contributed by atoms with E-state index < -0.39 is 10.0 Å². The van der Waals surface area contributed by atoms with Crippen LogP contribution in [0.5, 0.6) is 0 Å². The lowest BCUT2D eigenvalue weighted by atomic mass is 10.1. The zero-order chi connectivity index (χ0) is 22.9. The molecule has 10 nitrogen and oxygen atoms in total. The fourth-order valence-electron chi connectivity index (χ4n) is 3.33. The Balaban J connectivity index is 0.00000306. The highest BCUT2D eigenvalue weighted by molar-refractivity contribution is 7.90. The molecule has 0 aliphatic rings. The summed E-state index contributed by atoms with van der Waals surface area (Å²) in [6.07, 6.45) is 1.62. The minimum atomic E-state index is -3.79. The van der Waals surface area contributed by atoms with Gasteiger partial charge in [0.1, 0.15) is 5.82 Å². The third-order valence-corrected chi connectivity index (χ3v) is 6.99. The average molecular weight is 490 g/mol. The van der Waals surface area contributed by atoms with Crippen molar-refractivity contribution in [2.45, 2.75) is 25.3 Å². The molecular formula is C21H24ClN7O3S. The van der Waals surface area contributed by atoms with E-state index in [9.17, 15) is 8.42 Å². The van der Waals surface area contributed by atoms with Gasteiger partial charge in [0.15, 0.2) is 0 Å². The highest BCUT2D eigenvalue weighted by atomic mass is 35.5. The maximum absolute atomic E-state index is 12.1. The number of nitrogens with zero attached hydrogens (tertiary/aromatic N) is 4. The number of halogens is 1. The number of benzene rings is 2. The summed E-state index contributed by atoms with van der Waals surface area (Å²) < 4.78 is 27.9. The second-order valence-electron chi connectivity index (χ2n) is 7.37. The summed E-state index contributed by atoms with van der Waals surface area (Å²) in [5.74, 6) is 0.957. The van der Waals surface area contributed by atoms with Crippen LogP contribution in [0.3, 0.4) is 0 Å². The van der Waals surface area contributed by atoms with Crippen molar-refractivity contribution in [3.05, 3.63) is 65.5 Å². The summed E-state index contributed by atoms with van der Waals surface area (Å²) in [6, 6.07) is 12.8. The Morgan fingerprint density at radius 2 is 1.88 bits per heavy atom. The molecule has 0 aliphatic carbocycles. The zero-order valence-corrected chi connectivity index (χ0v) is 19.8. The molecule has 0 fully saturated rings. The van der Waals surface area contributed by atoms with Gasteiger partial charge in [-0.05, 0) is 61.0 Å². The van der Waals surface area contributed by atoms with Gasteiger partial charge in [-0.25, -0.2) is 13.4 Å². The van der Waals surface area contributed by atoms with Crippen LogP contribution in [0.15, 0.2) is 53.6 Å². The van der Waals surface area contributed by atoms with Crippen LogP contribution in [-0.2, 0) is 23.6 Å². The minimum Gasteiger partial charge on any atom is -0.412 e. The number of sulfonamides is 1. The van der Waals surface area contributed by atoms with Gasteiger partial charge >= 0.3 is 0 Å². The number of fused-ring (bicyclic) bond motifs is 1. The van der Waals surface area contributed by atoms with Crippen molar-refractivity contribution in [2.24, 2.45) is 7.05 Å². The Hall–Kier alpha value is -3.25. The molecule has 12 heteroatoms. The van der Waals surface area contributed by atoms with Gasteiger partial charge in [-0.2, -0.15) is 10.1 Å². The summed E-state index contributed by atoms with van der Waals surface area (Å²) in [6.45, 7) is 4.30. The largest absolute Gasteiger partial charge is 0.412 e. The minimum absolute atomic E-state index is 0. The van der Waals surface area contributed by atoms with Crippen molar-refractivity contribution >= 4 is 50.2 Å². The topological polar surface area (TPSA) is 145 Å². The average Bonchev–Trinajstić information content (AvgIpc) is 3.06. The van der Waals surface area contributed by atoms with E-state index in [1.807, 2.05) is 22.9 Å². The number of hydrogen-bond acceptors (Lipinski definition) is 7. The van der Waals surface area contributed by atoms with E-state index in [2.05, 4.69) is 43.9 Å². The van der Waals surface area contributed by atoms with E-state index in [4.69, 9.17) is 11.8 Å². The molecule has 4 aromatic rings. The van der Waals surface area contributed by atoms with Crippen molar-refractivity contribution in [3.8, 4) is 0 Å². The Bertz CT molecular complexity index is 1410. The first-order valence-corrected chi connectivity index (χ1v) is 11.6. The number of rotatable bonds is 7. The van der Waals surface area contributed by atoms with Crippen LogP contribution >= 0.6 is 11.8 Å². The molecule has 2 heterocycles. The molecule has 2 aromatic heterocycles. The SMILES string of the molecule is Cc1ccc(Nc2nccc(NCc3ccc4c(C)n(C)nc4c3)n2)cc1S(=O)(=O)NCl.O.